The Kier molecular flexibility index (Phi) is 4.30. The molecule has 0 atom stereocenters. The van der Waals surface area contributed by atoms with Crippen LogP contribution in [0.15, 0.2) is 35.7 Å². The minimum absolute atomic E-state index is 0.263. The number of thiazole rings is 1. The van der Waals surface area contributed by atoms with E-state index in [1.807, 2.05) is 42.6 Å². The van der Waals surface area contributed by atoms with Crippen molar-refractivity contribution in [3.05, 3.63) is 47.0 Å². The van der Waals surface area contributed by atoms with Crippen molar-refractivity contribution < 1.29 is 9.53 Å². The van der Waals surface area contributed by atoms with Gasteiger partial charge in [0.05, 0.1) is 5.69 Å². The zero-order valence-corrected chi connectivity index (χ0v) is 10.9. The van der Waals surface area contributed by atoms with Gasteiger partial charge in [-0.15, -0.1) is 11.3 Å². The number of aryl methyl sites for hydroxylation is 1. The molecule has 0 bridgehead atoms. The topological polar surface area (TPSA) is 51.2 Å². The van der Waals surface area contributed by atoms with Gasteiger partial charge in [0.1, 0.15) is 6.61 Å². The fourth-order valence-electron chi connectivity index (χ4n) is 1.37. The standard InChI is InChI=1S/C13H14N2O2S/c1-2-11-9-18-12(14-11)15-13(16)17-8-10-6-4-3-5-7-10/h3-7,9H,2,8H2,1H3,(H,14,15,16). The van der Waals surface area contributed by atoms with E-state index in [9.17, 15) is 4.79 Å². The number of anilines is 1. The molecule has 0 spiro atoms. The van der Waals surface area contributed by atoms with E-state index in [0.29, 0.717) is 5.13 Å². The third kappa shape index (κ3) is 3.56. The second kappa shape index (κ2) is 6.16. The lowest BCUT2D eigenvalue weighted by Gasteiger charge is -2.04. The van der Waals surface area contributed by atoms with Gasteiger partial charge in [-0.1, -0.05) is 37.3 Å². The number of amides is 1. The van der Waals surface area contributed by atoms with Crippen molar-refractivity contribution in [1.82, 2.24) is 4.98 Å². The Balaban J connectivity index is 1.82. The molecule has 1 N–H and O–H groups in total. The van der Waals surface area contributed by atoms with Crippen molar-refractivity contribution in [2.24, 2.45) is 0 Å². The van der Waals surface area contributed by atoms with Crippen LogP contribution in [0.1, 0.15) is 18.2 Å². The zero-order valence-electron chi connectivity index (χ0n) is 10.1. The quantitative estimate of drug-likeness (QED) is 0.918. The summed E-state index contributed by atoms with van der Waals surface area (Å²) >= 11 is 1.40. The van der Waals surface area contributed by atoms with Gasteiger partial charge in [-0.2, -0.15) is 0 Å². The minimum atomic E-state index is -0.476. The highest BCUT2D eigenvalue weighted by Gasteiger charge is 2.06. The van der Waals surface area contributed by atoms with Gasteiger partial charge in [0.15, 0.2) is 5.13 Å². The van der Waals surface area contributed by atoms with E-state index in [0.717, 1.165) is 17.7 Å². The van der Waals surface area contributed by atoms with Crippen LogP contribution in [0.4, 0.5) is 9.93 Å². The molecule has 0 saturated carbocycles. The molecule has 5 heteroatoms. The summed E-state index contributed by atoms with van der Waals surface area (Å²) in [6, 6.07) is 9.55. The number of nitrogens with zero attached hydrogens (tertiary/aromatic N) is 1. The number of hydrogen-bond donors (Lipinski definition) is 1. The number of carbonyl (C=O) groups is 1. The highest BCUT2D eigenvalue weighted by Crippen LogP contribution is 2.15. The van der Waals surface area contributed by atoms with Crippen LogP contribution >= 0.6 is 11.3 Å². The van der Waals surface area contributed by atoms with Crippen molar-refractivity contribution in [1.29, 1.82) is 0 Å². The lowest BCUT2D eigenvalue weighted by atomic mass is 10.2. The highest BCUT2D eigenvalue weighted by molar-refractivity contribution is 7.13. The van der Waals surface area contributed by atoms with Crippen molar-refractivity contribution in [2.45, 2.75) is 20.0 Å². The Morgan fingerprint density at radius 2 is 2.17 bits per heavy atom. The Bertz CT molecular complexity index is 511. The second-order valence-electron chi connectivity index (χ2n) is 3.68. The van der Waals surface area contributed by atoms with E-state index in [1.165, 1.54) is 11.3 Å². The fourth-order valence-corrected chi connectivity index (χ4v) is 2.15. The molecule has 0 unspecified atom stereocenters. The molecule has 1 heterocycles. The largest absolute Gasteiger partial charge is 0.444 e. The van der Waals surface area contributed by atoms with E-state index in [-0.39, 0.29) is 6.61 Å². The molecule has 2 rings (SSSR count). The van der Waals surface area contributed by atoms with Gasteiger partial charge in [0.2, 0.25) is 0 Å². The number of rotatable bonds is 4. The van der Waals surface area contributed by atoms with Crippen LogP contribution in [0.2, 0.25) is 0 Å². The monoisotopic (exact) mass is 262 g/mol. The number of aromatic nitrogens is 1. The van der Waals surface area contributed by atoms with E-state index in [4.69, 9.17) is 4.74 Å². The maximum Gasteiger partial charge on any atom is 0.413 e. The Morgan fingerprint density at radius 1 is 1.39 bits per heavy atom. The van der Waals surface area contributed by atoms with Crippen molar-refractivity contribution in [2.75, 3.05) is 5.32 Å². The van der Waals surface area contributed by atoms with Crippen molar-refractivity contribution in [3.8, 4) is 0 Å². The normalized spacial score (nSPS) is 10.1. The van der Waals surface area contributed by atoms with Gasteiger partial charge in [-0.3, -0.25) is 5.32 Å². The van der Waals surface area contributed by atoms with Gasteiger partial charge < -0.3 is 4.74 Å². The second-order valence-corrected chi connectivity index (χ2v) is 4.54. The van der Waals surface area contributed by atoms with Crippen LogP contribution in [0, 0.1) is 0 Å². The molecule has 94 valence electrons. The molecule has 2 aromatic rings. The molecule has 4 nitrogen and oxygen atoms in total. The van der Waals surface area contributed by atoms with Gasteiger partial charge in [0, 0.05) is 5.38 Å². The van der Waals surface area contributed by atoms with Gasteiger partial charge in [0.25, 0.3) is 0 Å². The molecule has 0 saturated heterocycles. The first-order valence-electron chi connectivity index (χ1n) is 5.70. The lowest BCUT2D eigenvalue weighted by Crippen LogP contribution is -2.13. The number of benzene rings is 1. The number of carbonyl (C=O) groups excluding carboxylic acids is 1. The molecular weight excluding hydrogens is 248 g/mol. The summed E-state index contributed by atoms with van der Waals surface area (Å²) in [6.07, 6.45) is 0.382. The van der Waals surface area contributed by atoms with E-state index in [1.54, 1.807) is 0 Å². The Hall–Kier alpha value is -1.88. The summed E-state index contributed by atoms with van der Waals surface area (Å²) < 4.78 is 5.09. The average Bonchev–Trinajstić information content (AvgIpc) is 2.85. The molecule has 18 heavy (non-hydrogen) atoms. The molecule has 0 aliphatic heterocycles. The van der Waals surface area contributed by atoms with Crippen LogP contribution in [0.3, 0.4) is 0 Å². The molecule has 1 amide bonds. The summed E-state index contributed by atoms with van der Waals surface area (Å²) in [4.78, 5) is 15.7. The lowest BCUT2D eigenvalue weighted by molar-refractivity contribution is 0.155. The molecule has 0 aliphatic carbocycles. The molecule has 1 aromatic carbocycles. The third-order valence-corrected chi connectivity index (χ3v) is 3.14. The first kappa shape index (κ1) is 12.6. The Morgan fingerprint density at radius 3 is 2.83 bits per heavy atom. The minimum Gasteiger partial charge on any atom is -0.444 e. The molecule has 0 fully saturated rings. The average molecular weight is 262 g/mol. The summed E-state index contributed by atoms with van der Waals surface area (Å²) in [5.74, 6) is 0. The Labute approximate surface area is 110 Å². The predicted molar refractivity (Wildman–Crippen MR) is 71.7 cm³/mol. The highest BCUT2D eigenvalue weighted by atomic mass is 32.1. The van der Waals surface area contributed by atoms with Crippen LogP contribution in [-0.4, -0.2) is 11.1 Å². The summed E-state index contributed by atoms with van der Waals surface area (Å²) in [7, 11) is 0. The van der Waals surface area contributed by atoms with Crippen LogP contribution in [0.5, 0.6) is 0 Å². The maximum absolute atomic E-state index is 11.5. The third-order valence-electron chi connectivity index (χ3n) is 2.34. The summed E-state index contributed by atoms with van der Waals surface area (Å²) in [5, 5.41) is 5.11. The number of hydrogen-bond acceptors (Lipinski definition) is 4. The zero-order chi connectivity index (χ0) is 12.8. The van der Waals surface area contributed by atoms with E-state index < -0.39 is 6.09 Å². The fraction of sp³-hybridized carbons (Fsp3) is 0.231. The predicted octanol–water partition coefficient (Wildman–Crippen LogP) is 3.45. The van der Waals surface area contributed by atoms with Crippen molar-refractivity contribution >= 4 is 22.6 Å². The maximum atomic E-state index is 11.5. The first-order chi connectivity index (χ1) is 8.78. The summed E-state index contributed by atoms with van der Waals surface area (Å²) in [6.45, 7) is 2.28. The summed E-state index contributed by atoms with van der Waals surface area (Å²) in [5.41, 5.74) is 1.93. The smallest absolute Gasteiger partial charge is 0.413 e. The molecule has 1 aromatic heterocycles. The van der Waals surface area contributed by atoms with Gasteiger partial charge in [-0.05, 0) is 12.0 Å². The van der Waals surface area contributed by atoms with Crippen molar-refractivity contribution in [3.63, 3.8) is 0 Å². The SMILES string of the molecule is CCc1csc(NC(=O)OCc2ccccc2)n1. The molecule has 0 radical (unpaired) electrons. The number of ether oxygens (including phenoxy) is 1. The first-order valence-corrected chi connectivity index (χ1v) is 6.58. The van der Waals surface area contributed by atoms with Crippen LogP contribution in [0.25, 0.3) is 0 Å². The van der Waals surface area contributed by atoms with Crippen LogP contribution in [-0.2, 0) is 17.8 Å². The van der Waals surface area contributed by atoms with E-state index >= 15 is 0 Å². The molecule has 0 aliphatic rings. The number of nitrogens with one attached hydrogen (secondary N) is 1. The van der Waals surface area contributed by atoms with Gasteiger partial charge in [-0.25, -0.2) is 9.78 Å². The molecular formula is C13H14N2O2S. The van der Waals surface area contributed by atoms with E-state index in [2.05, 4.69) is 10.3 Å². The van der Waals surface area contributed by atoms with Crippen LogP contribution < -0.4 is 5.32 Å². The van der Waals surface area contributed by atoms with Gasteiger partial charge >= 0.3 is 6.09 Å².